The van der Waals surface area contributed by atoms with Crippen LogP contribution in [0.25, 0.3) is 0 Å². The smallest absolute Gasteiger partial charge is 0.330 e. The summed E-state index contributed by atoms with van der Waals surface area (Å²) in [5.41, 5.74) is 0.176. The second kappa shape index (κ2) is 9.15. The number of carbonyl (C=O) groups is 1. The normalized spacial score (nSPS) is 13.9. The van der Waals surface area contributed by atoms with Crippen LogP contribution in [0.3, 0.4) is 0 Å². The zero-order valence-corrected chi connectivity index (χ0v) is 12.0. The highest BCUT2D eigenvalue weighted by molar-refractivity contribution is 5.84. The van der Waals surface area contributed by atoms with Crippen LogP contribution in [-0.2, 0) is 9.53 Å². The Morgan fingerprint density at radius 3 is 1.47 bits per heavy atom. The van der Waals surface area contributed by atoms with Crippen molar-refractivity contribution in [3.63, 3.8) is 0 Å². The van der Waals surface area contributed by atoms with E-state index in [0.717, 1.165) is 0 Å². The van der Waals surface area contributed by atoms with Gasteiger partial charge in [0.1, 0.15) is 12.5 Å². The van der Waals surface area contributed by atoms with Crippen molar-refractivity contribution in [3.8, 4) is 0 Å². The maximum absolute atomic E-state index is 9.60. The fraction of sp³-hybridized carbons (Fsp3) is 0.750. The lowest BCUT2D eigenvalue weighted by molar-refractivity contribution is -0.132. The molecule has 0 radical (unpaired) electrons. The van der Waals surface area contributed by atoms with Gasteiger partial charge < -0.3 is 9.84 Å². The molecule has 0 fully saturated rings. The van der Waals surface area contributed by atoms with Crippen LogP contribution in [0.2, 0.25) is 0 Å². The summed E-state index contributed by atoms with van der Waals surface area (Å²) in [6.45, 7) is 8.69. The number of aliphatic carboxylic acids is 1. The van der Waals surface area contributed by atoms with Crippen LogP contribution >= 0.6 is 0 Å². The third-order valence-electron chi connectivity index (χ3n) is 2.21. The minimum atomic E-state index is -0.935. The Bertz CT molecular complexity index is 216. The average molecular weight is 246 g/mol. The largest absolute Gasteiger partial charge is 0.478 e. The molecule has 0 aliphatic carbocycles. The van der Waals surface area contributed by atoms with Gasteiger partial charge in [-0.15, -0.1) is 0 Å². The fourth-order valence-corrected chi connectivity index (χ4v) is 0.528. The zero-order valence-electron chi connectivity index (χ0n) is 12.0. The minimum Gasteiger partial charge on any atom is -0.478 e. The van der Waals surface area contributed by atoms with Gasteiger partial charge >= 0.3 is 5.97 Å². The molecular weight excluding hydrogens is 220 g/mol. The van der Waals surface area contributed by atoms with Gasteiger partial charge in [-0.1, -0.05) is 6.58 Å². The van der Waals surface area contributed by atoms with Crippen molar-refractivity contribution in [3.05, 3.63) is 12.2 Å². The predicted molar refractivity (Wildman–Crippen MR) is 69.8 cm³/mol. The summed E-state index contributed by atoms with van der Waals surface area (Å²) in [7, 11) is 8.03. The average Bonchev–Trinajstić information content (AvgIpc) is 2.17. The molecule has 0 aromatic heterocycles. The Balaban J connectivity index is 0. The van der Waals surface area contributed by atoms with Crippen molar-refractivity contribution in [2.45, 2.75) is 33.2 Å². The molecule has 0 bridgehead atoms. The summed E-state index contributed by atoms with van der Waals surface area (Å²) in [6.07, 6.45) is 0.347. The molecule has 17 heavy (non-hydrogen) atoms. The quantitative estimate of drug-likeness (QED) is 0.588. The van der Waals surface area contributed by atoms with Gasteiger partial charge in [0.15, 0.2) is 0 Å². The number of hydrogen-bond donors (Lipinski definition) is 1. The van der Waals surface area contributed by atoms with Crippen LogP contribution in [0.15, 0.2) is 12.2 Å². The van der Waals surface area contributed by atoms with Gasteiger partial charge in [-0.2, -0.15) is 0 Å². The summed E-state index contributed by atoms with van der Waals surface area (Å²) in [5, 5.41) is 7.89. The summed E-state index contributed by atoms with van der Waals surface area (Å²) in [5.74, 6) is -0.935. The number of nitrogens with zero attached hydrogens (tertiary/aromatic N) is 2. The van der Waals surface area contributed by atoms with Gasteiger partial charge in [0.05, 0.1) is 0 Å². The second-order valence-corrected chi connectivity index (χ2v) is 4.35. The molecule has 0 amide bonds. The van der Waals surface area contributed by atoms with Crippen molar-refractivity contribution in [1.82, 2.24) is 9.80 Å². The lowest BCUT2D eigenvalue weighted by Crippen LogP contribution is -2.36. The SMILES string of the molecule is C=C(C)C(=O)O.CC(OC(C)N(C)C)N(C)C. The maximum atomic E-state index is 9.60. The lowest BCUT2D eigenvalue weighted by atomic mass is 10.4. The van der Waals surface area contributed by atoms with E-state index >= 15 is 0 Å². The lowest BCUT2D eigenvalue weighted by Gasteiger charge is -2.27. The van der Waals surface area contributed by atoms with Crippen LogP contribution in [0, 0.1) is 0 Å². The molecule has 5 heteroatoms. The van der Waals surface area contributed by atoms with E-state index in [9.17, 15) is 4.79 Å². The summed E-state index contributed by atoms with van der Waals surface area (Å²) in [6, 6.07) is 0. The Labute approximate surface area is 105 Å². The minimum absolute atomic E-state index is 0.174. The van der Waals surface area contributed by atoms with Crippen LogP contribution in [0.5, 0.6) is 0 Å². The number of rotatable bonds is 5. The molecule has 2 unspecified atom stereocenters. The Morgan fingerprint density at radius 2 is 1.35 bits per heavy atom. The van der Waals surface area contributed by atoms with E-state index < -0.39 is 5.97 Å². The van der Waals surface area contributed by atoms with Crippen molar-refractivity contribution in [2.24, 2.45) is 0 Å². The van der Waals surface area contributed by atoms with Crippen molar-refractivity contribution in [2.75, 3.05) is 28.2 Å². The monoisotopic (exact) mass is 246 g/mol. The molecule has 0 aliphatic rings. The van der Waals surface area contributed by atoms with Crippen LogP contribution in [-0.4, -0.2) is 61.5 Å². The summed E-state index contributed by atoms with van der Waals surface area (Å²) in [4.78, 5) is 13.7. The summed E-state index contributed by atoms with van der Waals surface area (Å²) >= 11 is 0. The van der Waals surface area contributed by atoms with Crippen LogP contribution in [0.4, 0.5) is 0 Å². The van der Waals surface area contributed by atoms with Crippen molar-refractivity contribution < 1.29 is 14.6 Å². The van der Waals surface area contributed by atoms with E-state index in [1.165, 1.54) is 6.92 Å². The highest BCUT2D eigenvalue weighted by atomic mass is 16.5. The number of ether oxygens (including phenoxy) is 1. The molecule has 0 spiro atoms. The van der Waals surface area contributed by atoms with E-state index in [0.29, 0.717) is 0 Å². The van der Waals surface area contributed by atoms with Gasteiger partial charge in [0.2, 0.25) is 0 Å². The molecule has 0 aromatic rings. The molecule has 0 rings (SSSR count). The number of carboxylic acid groups (broad SMARTS) is 1. The molecule has 2 atom stereocenters. The van der Waals surface area contributed by atoms with Crippen LogP contribution < -0.4 is 0 Å². The van der Waals surface area contributed by atoms with Gasteiger partial charge in [0, 0.05) is 5.57 Å². The van der Waals surface area contributed by atoms with Gasteiger partial charge in [0.25, 0.3) is 0 Å². The molecule has 0 saturated carbocycles. The molecular formula is C12H26N2O3. The Kier molecular flexibility index (Phi) is 9.94. The third-order valence-corrected chi connectivity index (χ3v) is 2.21. The van der Waals surface area contributed by atoms with E-state index in [4.69, 9.17) is 9.84 Å². The highest BCUT2D eigenvalue weighted by Gasteiger charge is 2.10. The zero-order chi connectivity index (χ0) is 14.2. The molecule has 0 heterocycles. The van der Waals surface area contributed by atoms with E-state index in [1.54, 1.807) is 0 Å². The van der Waals surface area contributed by atoms with E-state index in [2.05, 4.69) is 6.58 Å². The van der Waals surface area contributed by atoms with Gasteiger partial charge in [-0.25, -0.2) is 4.79 Å². The fourth-order valence-electron chi connectivity index (χ4n) is 0.528. The van der Waals surface area contributed by atoms with E-state index in [1.807, 2.05) is 51.8 Å². The van der Waals surface area contributed by atoms with Crippen molar-refractivity contribution in [1.29, 1.82) is 0 Å². The predicted octanol–water partition coefficient (Wildman–Crippen LogP) is 1.47. The number of hydrogen-bond acceptors (Lipinski definition) is 4. The molecule has 5 nitrogen and oxygen atoms in total. The first-order valence-corrected chi connectivity index (χ1v) is 5.46. The van der Waals surface area contributed by atoms with Crippen LogP contribution in [0.1, 0.15) is 20.8 Å². The van der Waals surface area contributed by atoms with Gasteiger partial charge in [-0.05, 0) is 49.0 Å². The first-order valence-electron chi connectivity index (χ1n) is 5.46. The molecule has 0 aliphatic heterocycles. The molecule has 1 N–H and O–H groups in total. The summed E-state index contributed by atoms with van der Waals surface area (Å²) < 4.78 is 5.62. The number of carboxylic acids is 1. The molecule has 0 aromatic carbocycles. The molecule has 102 valence electrons. The topological polar surface area (TPSA) is 53.0 Å². The third kappa shape index (κ3) is 11.4. The van der Waals surface area contributed by atoms with Crippen molar-refractivity contribution >= 4 is 5.97 Å². The molecule has 0 saturated heterocycles. The van der Waals surface area contributed by atoms with E-state index in [-0.39, 0.29) is 18.0 Å². The first kappa shape index (κ1) is 18.5. The standard InChI is InChI=1S/C8H20N2O.C4H6O2/c1-7(9(3)4)11-8(2)10(5)6;1-3(2)4(5)6/h7-8H,1-6H3;1H2,2H3,(H,5,6). The maximum Gasteiger partial charge on any atom is 0.330 e. The Morgan fingerprint density at radius 1 is 1.12 bits per heavy atom. The second-order valence-electron chi connectivity index (χ2n) is 4.35. The Hall–Kier alpha value is -0.910. The highest BCUT2D eigenvalue weighted by Crippen LogP contribution is 2.01. The van der Waals surface area contributed by atoms with Gasteiger partial charge in [-0.3, -0.25) is 9.80 Å². The first-order chi connectivity index (χ1) is 7.59.